The minimum atomic E-state index is -3.76. The fourth-order valence-electron chi connectivity index (χ4n) is 1.70. The molecule has 0 saturated heterocycles. The van der Waals surface area contributed by atoms with Crippen LogP contribution in [0.2, 0.25) is 0 Å². The van der Waals surface area contributed by atoms with Gasteiger partial charge in [0.05, 0.1) is 17.6 Å². The SMILES string of the molecule is COC(=O)c1cccc(S(=O)(=O)NC(C)(C)CN)c1C. The summed E-state index contributed by atoms with van der Waals surface area (Å²) in [5, 5.41) is 0. The number of sulfonamides is 1. The molecule has 0 saturated carbocycles. The number of hydrogen-bond acceptors (Lipinski definition) is 5. The van der Waals surface area contributed by atoms with Gasteiger partial charge in [0.1, 0.15) is 0 Å². The van der Waals surface area contributed by atoms with E-state index in [4.69, 9.17) is 5.73 Å². The number of benzene rings is 1. The molecule has 112 valence electrons. The molecule has 0 unspecified atom stereocenters. The van der Waals surface area contributed by atoms with Gasteiger partial charge in [-0.25, -0.2) is 17.9 Å². The van der Waals surface area contributed by atoms with E-state index in [1.807, 2.05) is 0 Å². The molecule has 0 bridgehead atoms. The average Bonchev–Trinajstić information content (AvgIpc) is 2.36. The van der Waals surface area contributed by atoms with Gasteiger partial charge in [0, 0.05) is 12.1 Å². The number of esters is 1. The van der Waals surface area contributed by atoms with Crippen molar-refractivity contribution in [2.24, 2.45) is 5.73 Å². The molecule has 0 heterocycles. The van der Waals surface area contributed by atoms with Crippen LogP contribution in [0.1, 0.15) is 29.8 Å². The molecule has 1 rings (SSSR count). The highest BCUT2D eigenvalue weighted by Gasteiger charge is 2.27. The summed E-state index contributed by atoms with van der Waals surface area (Å²) in [5.74, 6) is -0.572. The van der Waals surface area contributed by atoms with E-state index in [-0.39, 0.29) is 17.0 Å². The average molecular weight is 300 g/mol. The summed E-state index contributed by atoms with van der Waals surface area (Å²) in [6.45, 7) is 5.09. The predicted molar refractivity (Wildman–Crippen MR) is 76.0 cm³/mol. The lowest BCUT2D eigenvalue weighted by atomic mass is 10.1. The zero-order chi connectivity index (χ0) is 15.6. The van der Waals surface area contributed by atoms with E-state index in [1.165, 1.54) is 25.3 Å². The van der Waals surface area contributed by atoms with Crippen LogP contribution in [0.25, 0.3) is 0 Å². The minimum Gasteiger partial charge on any atom is -0.465 e. The van der Waals surface area contributed by atoms with Crippen LogP contribution in [0.5, 0.6) is 0 Å². The first-order chi connectivity index (χ1) is 9.14. The van der Waals surface area contributed by atoms with E-state index in [2.05, 4.69) is 9.46 Å². The van der Waals surface area contributed by atoms with Crippen LogP contribution in [0, 0.1) is 6.92 Å². The number of carbonyl (C=O) groups is 1. The molecule has 0 amide bonds. The first-order valence-electron chi connectivity index (χ1n) is 6.06. The predicted octanol–water partition coefficient (Wildman–Crippen LogP) is 0.797. The van der Waals surface area contributed by atoms with Crippen molar-refractivity contribution < 1.29 is 17.9 Å². The highest BCUT2D eigenvalue weighted by Crippen LogP contribution is 2.21. The smallest absolute Gasteiger partial charge is 0.338 e. The van der Waals surface area contributed by atoms with Gasteiger partial charge in [-0.2, -0.15) is 0 Å². The summed E-state index contributed by atoms with van der Waals surface area (Å²) in [7, 11) is -2.51. The van der Waals surface area contributed by atoms with Crippen molar-refractivity contribution in [3.05, 3.63) is 29.3 Å². The maximum absolute atomic E-state index is 12.4. The van der Waals surface area contributed by atoms with E-state index in [9.17, 15) is 13.2 Å². The van der Waals surface area contributed by atoms with Gasteiger partial charge in [0.15, 0.2) is 0 Å². The topological polar surface area (TPSA) is 98.5 Å². The second-order valence-corrected chi connectivity index (χ2v) is 6.76. The van der Waals surface area contributed by atoms with Crippen molar-refractivity contribution in [2.75, 3.05) is 13.7 Å². The fourth-order valence-corrected chi connectivity index (χ4v) is 3.39. The molecule has 1 aromatic rings. The van der Waals surface area contributed by atoms with Gasteiger partial charge >= 0.3 is 5.97 Å². The van der Waals surface area contributed by atoms with Crippen molar-refractivity contribution in [2.45, 2.75) is 31.2 Å². The van der Waals surface area contributed by atoms with Gasteiger partial charge < -0.3 is 10.5 Å². The molecule has 0 aliphatic heterocycles. The van der Waals surface area contributed by atoms with Gasteiger partial charge in [0.2, 0.25) is 10.0 Å². The molecule has 3 N–H and O–H groups in total. The maximum Gasteiger partial charge on any atom is 0.338 e. The number of nitrogens with two attached hydrogens (primary N) is 1. The molecule has 7 heteroatoms. The normalized spacial score (nSPS) is 12.2. The van der Waals surface area contributed by atoms with Crippen LogP contribution in [0.4, 0.5) is 0 Å². The molecule has 0 radical (unpaired) electrons. The number of nitrogens with one attached hydrogen (secondary N) is 1. The van der Waals surface area contributed by atoms with E-state index in [1.54, 1.807) is 20.8 Å². The zero-order valence-electron chi connectivity index (χ0n) is 12.1. The summed E-state index contributed by atoms with van der Waals surface area (Å²) in [5.41, 5.74) is 5.33. The Labute approximate surface area is 119 Å². The number of rotatable bonds is 5. The molecule has 0 aliphatic carbocycles. The zero-order valence-corrected chi connectivity index (χ0v) is 12.9. The van der Waals surface area contributed by atoms with Crippen LogP contribution < -0.4 is 10.5 Å². The Balaban J connectivity index is 3.30. The van der Waals surface area contributed by atoms with Crippen LogP contribution in [0.3, 0.4) is 0 Å². The number of hydrogen-bond donors (Lipinski definition) is 2. The lowest BCUT2D eigenvalue weighted by molar-refractivity contribution is 0.0599. The summed E-state index contributed by atoms with van der Waals surface area (Å²) >= 11 is 0. The third-order valence-corrected chi connectivity index (χ3v) is 4.74. The highest BCUT2D eigenvalue weighted by molar-refractivity contribution is 7.89. The number of methoxy groups -OCH3 is 1. The Morgan fingerprint density at radius 1 is 1.40 bits per heavy atom. The molecular weight excluding hydrogens is 280 g/mol. The van der Waals surface area contributed by atoms with E-state index in [0.717, 1.165) is 0 Å². The van der Waals surface area contributed by atoms with Crippen molar-refractivity contribution >= 4 is 16.0 Å². The van der Waals surface area contributed by atoms with Gasteiger partial charge in [0.25, 0.3) is 0 Å². The van der Waals surface area contributed by atoms with Crippen molar-refractivity contribution in [3.63, 3.8) is 0 Å². The summed E-state index contributed by atoms with van der Waals surface area (Å²) in [6.07, 6.45) is 0. The Hall–Kier alpha value is -1.44. The first-order valence-corrected chi connectivity index (χ1v) is 7.55. The highest BCUT2D eigenvalue weighted by atomic mass is 32.2. The van der Waals surface area contributed by atoms with Crippen LogP contribution in [0.15, 0.2) is 23.1 Å². The molecule has 0 fully saturated rings. The minimum absolute atomic E-state index is 0.0434. The van der Waals surface area contributed by atoms with E-state index in [0.29, 0.717) is 5.56 Å². The van der Waals surface area contributed by atoms with Gasteiger partial charge in [-0.15, -0.1) is 0 Å². The second-order valence-electron chi connectivity index (χ2n) is 5.11. The largest absolute Gasteiger partial charge is 0.465 e. The Morgan fingerprint density at radius 3 is 2.50 bits per heavy atom. The van der Waals surface area contributed by atoms with Crippen LogP contribution in [-0.2, 0) is 14.8 Å². The molecule has 0 atom stereocenters. The second kappa shape index (κ2) is 5.90. The standard InChI is InChI=1S/C13H20N2O4S/c1-9-10(12(16)19-4)6-5-7-11(9)20(17,18)15-13(2,3)8-14/h5-7,15H,8,14H2,1-4H3. The molecule has 1 aromatic carbocycles. The van der Waals surface area contributed by atoms with Gasteiger partial charge in [-0.05, 0) is 38.5 Å². The molecule has 0 aromatic heterocycles. The Morgan fingerprint density at radius 2 is 2.00 bits per heavy atom. The maximum atomic E-state index is 12.4. The summed E-state index contributed by atoms with van der Waals surface area (Å²) in [6, 6.07) is 4.47. The number of carbonyl (C=O) groups excluding carboxylic acids is 1. The van der Waals surface area contributed by atoms with Gasteiger partial charge in [-0.1, -0.05) is 6.07 Å². The first kappa shape index (κ1) is 16.6. The number of ether oxygens (including phenoxy) is 1. The monoisotopic (exact) mass is 300 g/mol. The Bertz CT molecular complexity index is 609. The van der Waals surface area contributed by atoms with Crippen LogP contribution >= 0.6 is 0 Å². The van der Waals surface area contributed by atoms with Crippen molar-refractivity contribution in [3.8, 4) is 0 Å². The molecule has 6 nitrogen and oxygen atoms in total. The van der Waals surface area contributed by atoms with E-state index < -0.39 is 21.5 Å². The summed E-state index contributed by atoms with van der Waals surface area (Å²) < 4.78 is 31.9. The molecule has 0 aliphatic rings. The molecular formula is C13H20N2O4S. The lowest BCUT2D eigenvalue weighted by Crippen LogP contribution is -2.48. The Kier molecular flexibility index (Phi) is 4.90. The third kappa shape index (κ3) is 3.56. The third-order valence-electron chi connectivity index (χ3n) is 2.90. The summed E-state index contributed by atoms with van der Waals surface area (Å²) in [4.78, 5) is 11.6. The van der Waals surface area contributed by atoms with Gasteiger partial charge in [-0.3, -0.25) is 0 Å². The fraction of sp³-hybridized carbons (Fsp3) is 0.462. The lowest BCUT2D eigenvalue weighted by Gasteiger charge is -2.24. The van der Waals surface area contributed by atoms with Crippen molar-refractivity contribution in [1.29, 1.82) is 0 Å². The van der Waals surface area contributed by atoms with E-state index >= 15 is 0 Å². The quantitative estimate of drug-likeness (QED) is 0.784. The van der Waals surface area contributed by atoms with Crippen molar-refractivity contribution in [1.82, 2.24) is 4.72 Å². The van der Waals surface area contributed by atoms with Crippen LogP contribution in [-0.4, -0.2) is 33.6 Å². The molecule has 20 heavy (non-hydrogen) atoms. The molecule has 0 spiro atoms.